The standard InChI is InChI=1S/C22H23N7O5/c1-26(10-11-30)17-13-19(34-3)14(12-18(17)29(32)33)24-21-23-9-8-20(25-21)28-16-7-5-4-6-15(16)27(2)22(28)31/h4-9,12-13,30H,10-11H2,1-3H3,(H,23,24,25). The van der Waals surface area contributed by atoms with Crippen LogP contribution in [0.5, 0.6) is 5.75 Å². The summed E-state index contributed by atoms with van der Waals surface area (Å²) in [6.07, 6.45) is 1.49. The van der Waals surface area contributed by atoms with Gasteiger partial charge in [0.15, 0.2) is 0 Å². The normalized spacial score (nSPS) is 10.9. The molecule has 2 heterocycles. The van der Waals surface area contributed by atoms with E-state index in [2.05, 4.69) is 15.3 Å². The second-order valence-corrected chi connectivity index (χ2v) is 7.47. The first-order chi connectivity index (χ1) is 16.3. The van der Waals surface area contributed by atoms with Crippen LogP contribution in [0.2, 0.25) is 0 Å². The average Bonchev–Trinajstić information content (AvgIpc) is 3.09. The number of aromatic nitrogens is 4. The number of aliphatic hydroxyl groups excluding tert-OH is 1. The molecule has 2 N–H and O–H groups in total. The molecule has 176 valence electrons. The molecule has 0 spiro atoms. The maximum absolute atomic E-state index is 12.9. The van der Waals surface area contributed by atoms with Gasteiger partial charge in [0, 0.05) is 45.0 Å². The van der Waals surface area contributed by atoms with Crippen LogP contribution in [0.4, 0.5) is 23.0 Å². The molecule has 0 saturated carbocycles. The smallest absolute Gasteiger partial charge is 0.334 e. The van der Waals surface area contributed by atoms with E-state index >= 15 is 0 Å². The van der Waals surface area contributed by atoms with Crippen LogP contribution in [0.3, 0.4) is 0 Å². The van der Waals surface area contributed by atoms with Crippen LogP contribution in [0.25, 0.3) is 16.9 Å². The number of benzene rings is 2. The van der Waals surface area contributed by atoms with Crippen LogP contribution in [0.1, 0.15) is 0 Å². The number of ether oxygens (including phenoxy) is 1. The largest absolute Gasteiger partial charge is 0.494 e. The zero-order valence-corrected chi connectivity index (χ0v) is 18.8. The summed E-state index contributed by atoms with van der Waals surface area (Å²) in [5.41, 5.74) is 1.55. The Balaban J connectivity index is 1.77. The lowest BCUT2D eigenvalue weighted by Gasteiger charge is -2.20. The van der Waals surface area contributed by atoms with Crippen LogP contribution in [0.15, 0.2) is 53.5 Å². The van der Waals surface area contributed by atoms with Gasteiger partial charge in [0.05, 0.1) is 35.4 Å². The fourth-order valence-electron chi connectivity index (χ4n) is 3.72. The highest BCUT2D eigenvalue weighted by molar-refractivity contribution is 5.78. The first-order valence-corrected chi connectivity index (χ1v) is 10.3. The minimum atomic E-state index is -0.513. The SMILES string of the molecule is COc1cc(N(C)CCO)c([N+](=O)[O-])cc1Nc1nccc(-n2c(=O)n(C)c3ccccc32)n1. The predicted molar refractivity (Wildman–Crippen MR) is 127 cm³/mol. The van der Waals surface area contributed by atoms with E-state index < -0.39 is 4.92 Å². The Morgan fingerprint density at radius 1 is 1.24 bits per heavy atom. The maximum Gasteiger partial charge on any atom is 0.334 e. The van der Waals surface area contributed by atoms with Crippen molar-refractivity contribution in [2.24, 2.45) is 7.05 Å². The lowest BCUT2D eigenvalue weighted by atomic mass is 10.2. The number of likely N-dealkylation sites (N-methyl/N-ethyl adjacent to an activating group) is 1. The highest BCUT2D eigenvalue weighted by Gasteiger charge is 2.22. The molecule has 0 radical (unpaired) electrons. The van der Waals surface area contributed by atoms with Gasteiger partial charge in [0.2, 0.25) is 5.95 Å². The molecule has 0 amide bonds. The number of aliphatic hydroxyl groups is 1. The van der Waals surface area contributed by atoms with Crippen molar-refractivity contribution >= 4 is 34.0 Å². The molecule has 0 atom stereocenters. The van der Waals surface area contributed by atoms with E-state index in [-0.39, 0.29) is 36.2 Å². The van der Waals surface area contributed by atoms with Gasteiger partial charge in [-0.05, 0) is 12.1 Å². The molecule has 0 fully saturated rings. The lowest BCUT2D eigenvalue weighted by molar-refractivity contribution is -0.384. The van der Waals surface area contributed by atoms with Gasteiger partial charge < -0.3 is 20.1 Å². The Bertz CT molecular complexity index is 1430. The third-order valence-corrected chi connectivity index (χ3v) is 5.42. The minimum absolute atomic E-state index is 0.126. The third-order valence-electron chi connectivity index (χ3n) is 5.42. The van der Waals surface area contributed by atoms with Crippen LogP contribution < -0.4 is 20.6 Å². The number of nitrogens with zero attached hydrogens (tertiary/aromatic N) is 6. The highest BCUT2D eigenvalue weighted by Crippen LogP contribution is 2.38. The van der Waals surface area contributed by atoms with Crippen LogP contribution >= 0.6 is 0 Å². The number of hydrogen-bond acceptors (Lipinski definition) is 9. The summed E-state index contributed by atoms with van der Waals surface area (Å²) in [7, 11) is 4.76. The molecule has 2 aromatic heterocycles. The Morgan fingerprint density at radius 2 is 1.97 bits per heavy atom. The topological polar surface area (TPSA) is 141 Å². The number of methoxy groups -OCH3 is 1. The quantitative estimate of drug-likeness (QED) is 0.296. The third kappa shape index (κ3) is 4.01. The molecule has 4 aromatic rings. The number of fused-ring (bicyclic) bond motifs is 1. The number of aryl methyl sites for hydroxylation is 1. The van der Waals surface area contributed by atoms with Gasteiger partial charge in [-0.15, -0.1) is 0 Å². The van der Waals surface area contributed by atoms with Crippen molar-refractivity contribution in [1.82, 2.24) is 19.1 Å². The van der Waals surface area contributed by atoms with Gasteiger partial charge in [-0.3, -0.25) is 14.7 Å². The Labute approximate surface area is 193 Å². The number of nitrogens with one attached hydrogen (secondary N) is 1. The van der Waals surface area contributed by atoms with Gasteiger partial charge in [-0.2, -0.15) is 4.98 Å². The number of nitro groups is 1. The number of hydrogen-bond donors (Lipinski definition) is 2. The van der Waals surface area contributed by atoms with Crippen LogP contribution in [-0.4, -0.2) is 56.4 Å². The molecule has 0 saturated heterocycles. The first-order valence-electron chi connectivity index (χ1n) is 10.3. The van der Waals surface area contributed by atoms with Gasteiger partial charge in [0.25, 0.3) is 5.69 Å². The molecular formula is C22H23N7O5. The molecule has 4 rings (SSSR count). The number of imidazole rings is 1. The highest BCUT2D eigenvalue weighted by atomic mass is 16.6. The Morgan fingerprint density at radius 3 is 2.65 bits per heavy atom. The molecule has 0 aliphatic rings. The van der Waals surface area contributed by atoms with Gasteiger partial charge in [0.1, 0.15) is 17.3 Å². The number of rotatable bonds is 8. The fourth-order valence-corrected chi connectivity index (χ4v) is 3.72. The van der Waals surface area contributed by atoms with Crippen molar-refractivity contribution in [2.45, 2.75) is 0 Å². The van der Waals surface area contributed by atoms with E-state index in [9.17, 15) is 20.0 Å². The van der Waals surface area contributed by atoms with E-state index in [0.29, 0.717) is 22.8 Å². The molecule has 12 heteroatoms. The Kier molecular flexibility index (Phi) is 6.15. The van der Waals surface area contributed by atoms with Crippen molar-refractivity contribution in [3.63, 3.8) is 0 Å². The number of anilines is 3. The number of para-hydroxylation sites is 2. The summed E-state index contributed by atoms with van der Waals surface area (Å²) in [5.74, 6) is 0.787. The summed E-state index contributed by atoms with van der Waals surface area (Å²) in [6.45, 7) is 0.0475. The fraction of sp³-hybridized carbons (Fsp3) is 0.227. The zero-order chi connectivity index (χ0) is 24.4. The van der Waals surface area contributed by atoms with Crippen molar-refractivity contribution < 1.29 is 14.8 Å². The van der Waals surface area contributed by atoms with Crippen molar-refractivity contribution in [1.29, 1.82) is 0 Å². The second kappa shape index (κ2) is 9.19. The summed E-state index contributed by atoms with van der Waals surface area (Å²) >= 11 is 0. The van der Waals surface area contributed by atoms with Crippen LogP contribution in [0, 0.1) is 10.1 Å². The van der Waals surface area contributed by atoms with Crippen molar-refractivity contribution in [2.75, 3.05) is 37.5 Å². The van der Waals surface area contributed by atoms with Gasteiger partial charge in [-0.25, -0.2) is 14.3 Å². The van der Waals surface area contributed by atoms with E-state index in [1.165, 1.54) is 34.6 Å². The summed E-state index contributed by atoms with van der Waals surface area (Å²) < 4.78 is 8.42. The van der Waals surface area contributed by atoms with E-state index in [0.717, 1.165) is 5.52 Å². The van der Waals surface area contributed by atoms with Crippen molar-refractivity contribution in [3.05, 3.63) is 69.3 Å². The van der Waals surface area contributed by atoms with E-state index in [1.807, 2.05) is 24.3 Å². The number of nitro benzene ring substituents is 1. The zero-order valence-electron chi connectivity index (χ0n) is 18.8. The van der Waals surface area contributed by atoms with Gasteiger partial charge >= 0.3 is 5.69 Å². The molecule has 0 aliphatic heterocycles. The first kappa shape index (κ1) is 22.7. The summed E-state index contributed by atoms with van der Waals surface area (Å²) in [6, 6.07) is 11.8. The predicted octanol–water partition coefficient (Wildman–Crippen LogP) is 2.21. The molecule has 12 nitrogen and oxygen atoms in total. The summed E-state index contributed by atoms with van der Waals surface area (Å²) in [5, 5.41) is 23.9. The molecular weight excluding hydrogens is 442 g/mol. The Hall–Kier alpha value is -4.45. The molecule has 0 aliphatic carbocycles. The lowest BCUT2D eigenvalue weighted by Crippen LogP contribution is -2.22. The van der Waals surface area contributed by atoms with Crippen molar-refractivity contribution in [3.8, 4) is 11.6 Å². The molecule has 2 aromatic carbocycles. The second-order valence-electron chi connectivity index (χ2n) is 7.47. The average molecular weight is 465 g/mol. The van der Waals surface area contributed by atoms with Crippen LogP contribution in [-0.2, 0) is 7.05 Å². The molecule has 34 heavy (non-hydrogen) atoms. The maximum atomic E-state index is 12.9. The summed E-state index contributed by atoms with van der Waals surface area (Å²) in [4.78, 5) is 34.3. The van der Waals surface area contributed by atoms with E-state index in [4.69, 9.17) is 4.74 Å². The monoisotopic (exact) mass is 465 g/mol. The molecule has 0 unspecified atom stereocenters. The minimum Gasteiger partial charge on any atom is -0.494 e. The van der Waals surface area contributed by atoms with Gasteiger partial charge in [-0.1, -0.05) is 12.1 Å². The molecule has 0 bridgehead atoms. The van der Waals surface area contributed by atoms with E-state index in [1.54, 1.807) is 25.1 Å².